The van der Waals surface area contributed by atoms with Crippen LogP contribution in [0.15, 0.2) is 20.0 Å². The summed E-state index contributed by atoms with van der Waals surface area (Å²) in [5.74, 6) is -0.273. The van der Waals surface area contributed by atoms with E-state index in [-0.39, 0.29) is 11.7 Å². The summed E-state index contributed by atoms with van der Waals surface area (Å²) in [7, 11) is 0. The van der Waals surface area contributed by atoms with Gasteiger partial charge in [0.1, 0.15) is 12.7 Å². The van der Waals surface area contributed by atoms with E-state index in [0.717, 1.165) is 12.7 Å². The molecule has 2 aliphatic heterocycles. The molecule has 0 saturated heterocycles. The molecule has 8 nitrogen and oxygen atoms in total. The Morgan fingerprint density at radius 3 is 2.85 bits per heavy atom. The summed E-state index contributed by atoms with van der Waals surface area (Å²) in [5.41, 5.74) is 3.50. The van der Waals surface area contributed by atoms with Gasteiger partial charge >= 0.3 is 5.66 Å². The van der Waals surface area contributed by atoms with Gasteiger partial charge in [0.05, 0.1) is 4.92 Å². The Bertz CT molecular complexity index is 394. The topological polar surface area (TPSA) is 119 Å². The first-order valence-corrected chi connectivity index (χ1v) is 3.30. The summed E-state index contributed by atoms with van der Waals surface area (Å²) in [5, 5.41) is 10.7. The number of rotatable bonds is 1. The van der Waals surface area contributed by atoms with Crippen molar-refractivity contribution in [2.45, 2.75) is 5.66 Å². The summed E-state index contributed by atoms with van der Waals surface area (Å²) >= 11 is 0. The number of fused-ring (bicyclic) bond motifs is 1. The Balaban J connectivity index is 2.62. The predicted octanol–water partition coefficient (Wildman–Crippen LogP) is -1.20. The van der Waals surface area contributed by atoms with Gasteiger partial charge in [-0.25, -0.2) is 15.0 Å². The van der Waals surface area contributed by atoms with E-state index in [9.17, 15) is 10.1 Å². The monoisotopic (exact) mass is 180 g/mol. The van der Waals surface area contributed by atoms with Crippen LogP contribution in [-0.2, 0) is 0 Å². The Labute approximate surface area is 71.8 Å². The molecule has 8 heteroatoms. The molecule has 1 atom stereocenters. The van der Waals surface area contributed by atoms with Gasteiger partial charge in [0.25, 0.3) is 0 Å². The van der Waals surface area contributed by atoms with Crippen LogP contribution in [0.5, 0.6) is 0 Å². The Kier molecular flexibility index (Phi) is 1.27. The van der Waals surface area contributed by atoms with Crippen LogP contribution in [0.2, 0.25) is 0 Å². The van der Waals surface area contributed by atoms with Crippen molar-refractivity contribution >= 4 is 24.3 Å². The van der Waals surface area contributed by atoms with Crippen molar-refractivity contribution in [1.29, 1.82) is 0 Å². The minimum atomic E-state index is -1.88. The smallest absolute Gasteiger partial charge is 0.379 e. The van der Waals surface area contributed by atoms with Gasteiger partial charge in [-0.1, -0.05) is 0 Å². The van der Waals surface area contributed by atoms with Gasteiger partial charge in [-0.2, -0.15) is 4.99 Å². The summed E-state index contributed by atoms with van der Waals surface area (Å²) in [4.78, 5) is 24.4. The molecule has 2 N–H and O–H groups in total. The van der Waals surface area contributed by atoms with E-state index >= 15 is 0 Å². The zero-order valence-electron chi connectivity index (χ0n) is 6.28. The van der Waals surface area contributed by atoms with Crippen LogP contribution in [0.4, 0.5) is 0 Å². The maximum Gasteiger partial charge on any atom is 0.431 e. The molecule has 0 radical (unpaired) electrons. The van der Waals surface area contributed by atoms with Gasteiger partial charge < -0.3 is 5.73 Å². The van der Waals surface area contributed by atoms with Crippen molar-refractivity contribution in [1.82, 2.24) is 0 Å². The molecule has 66 valence electrons. The molecule has 0 bridgehead atoms. The minimum absolute atomic E-state index is 0.0509. The van der Waals surface area contributed by atoms with Crippen LogP contribution in [-0.4, -0.2) is 34.9 Å². The highest BCUT2D eigenvalue weighted by molar-refractivity contribution is 6.21. The number of hydrogen-bond donors (Lipinski definition) is 1. The third kappa shape index (κ3) is 0.736. The van der Waals surface area contributed by atoms with Crippen molar-refractivity contribution in [3.63, 3.8) is 0 Å². The molecule has 0 aromatic carbocycles. The number of nitro groups is 1. The van der Waals surface area contributed by atoms with E-state index in [1.165, 1.54) is 0 Å². The van der Waals surface area contributed by atoms with E-state index in [1.54, 1.807) is 0 Å². The van der Waals surface area contributed by atoms with Crippen LogP contribution in [0.3, 0.4) is 0 Å². The maximum atomic E-state index is 10.7. The van der Waals surface area contributed by atoms with E-state index in [1.807, 2.05) is 0 Å². The quantitative estimate of drug-likeness (QED) is 0.403. The third-order valence-corrected chi connectivity index (χ3v) is 1.73. The molecule has 1 unspecified atom stereocenters. The molecular weight excluding hydrogens is 176 g/mol. The fourth-order valence-electron chi connectivity index (χ4n) is 1.08. The molecule has 2 aliphatic rings. The molecule has 13 heavy (non-hydrogen) atoms. The van der Waals surface area contributed by atoms with E-state index in [4.69, 9.17) is 5.73 Å². The van der Waals surface area contributed by atoms with E-state index in [2.05, 4.69) is 20.0 Å². The Hall–Kier alpha value is -2.12. The molecule has 0 saturated carbocycles. The van der Waals surface area contributed by atoms with Crippen molar-refractivity contribution in [3.8, 4) is 0 Å². The molecule has 0 aromatic heterocycles. The fraction of sp³-hybridized carbons (Fsp3) is 0.200. The third-order valence-electron chi connectivity index (χ3n) is 1.73. The normalized spacial score (nSPS) is 29.5. The number of nitrogens with zero attached hydrogens (tertiary/aromatic N) is 5. The predicted molar refractivity (Wildman–Crippen MR) is 45.8 cm³/mol. The average molecular weight is 180 g/mol. The lowest BCUT2D eigenvalue weighted by Gasteiger charge is -2.17. The molecule has 0 aliphatic carbocycles. The number of nitrogens with two attached hydrogens (primary N) is 1. The Morgan fingerprint density at radius 1 is 1.46 bits per heavy atom. The van der Waals surface area contributed by atoms with Crippen molar-refractivity contribution in [2.75, 3.05) is 0 Å². The highest BCUT2D eigenvalue weighted by Gasteiger charge is 2.56. The van der Waals surface area contributed by atoms with Crippen LogP contribution < -0.4 is 5.73 Å². The van der Waals surface area contributed by atoms with Crippen molar-refractivity contribution in [3.05, 3.63) is 10.1 Å². The molecule has 2 heterocycles. The van der Waals surface area contributed by atoms with Gasteiger partial charge in [0, 0.05) is 0 Å². The van der Waals surface area contributed by atoms with E-state index < -0.39 is 10.6 Å². The summed E-state index contributed by atoms with van der Waals surface area (Å²) < 4.78 is 0. The first-order chi connectivity index (χ1) is 6.18. The van der Waals surface area contributed by atoms with E-state index in [0.29, 0.717) is 0 Å². The lowest BCUT2D eigenvalue weighted by Crippen LogP contribution is -2.54. The largest absolute Gasteiger partial charge is 0.431 e. The van der Waals surface area contributed by atoms with Crippen molar-refractivity contribution in [2.24, 2.45) is 25.7 Å². The molecule has 0 aromatic rings. The number of aliphatic imine (C=N–C) groups is 4. The maximum absolute atomic E-state index is 10.7. The minimum Gasteiger partial charge on any atom is -0.379 e. The SMILES string of the molecule is NC1=NC=NC2=NC=NC12[N+](=O)[O-]. The highest BCUT2D eigenvalue weighted by atomic mass is 16.6. The molecule has 0 amide bonds. The highest BCUT2D eigenvalue weighted by Crippen LogP contribution is 2.21. The van der Waals surface area contributed by atoms with Crippen LogP contribution in [0.1, 0.15) is 0 Å². The second kappa shape index (κ2) is 2.19. The molecule has 2 rings (SSSR count). The first kappa shape index (κ1) is 7.53. The molecule has 0 spiro atoms. The number of hydrogen-bond acceptors (Lipinski definition) is 7. The van der Waals surface area contributed by atoms with Gasteiger partial charge in [-0.15, -0.1) is 0 Å². The lowest BCUT2D eigenvalue weighted by molar-refractivity contribution is -0.523. The summed E-state index contributed by atoms with van der Waals surface area (Å²) in [6, 6.07) is 0. The molecular formula is C5H4N6O2. The average Bonchev–Trinajstić information content (AvgIpc) is 2.50. The lowest BCUT2D eigenvalue weighted by atomic mass is 10.1. The van der Waals surface area contributed by atoms with Gasteiger partial charge in [-0.05, 0) is 0 Å². The van der Waals surface area contributed by atoms with Gasteiger partial charge in [-0.3, -0.25) is 10.1 Å². The van der Waals surface area contributed by atoms with Crippen LogP contribution in [0, 0.1) is 10.1 Å². The fourth-order valence-corrected chi connectivity index (χ4v) is 1.08. The standard InChI is InChI=1S/C5H4N6O2/c6-3-5(11(12)13)4(8-1-7-3)9-2-10-5/h1-2H,(H2,6,7,8,9,10). The zero-order chi connectivity index (χ0) is 9.47. The second-order valence-corrected chi connectivity index (χ2v) is 2.39. The van der Waals surface area contributed by atoms with Crippen molar-refractivity contribution < 1.29 is 4.92 Å². The Morgan fingerprint density at radius 2 is 2.23 bits per heavy atom. The summed E-state index contributed by atoms with van der Waals surface area (Å²) in [6.07, 6.45) is 2.17. The summed E-state index contributed by atoms with van der Waals surface area (Å²) in [6.45, 7) is 0. The van der Waals surface area contributed by atoms with Crippen LogP contribution >= 0.6 is 0 Å². The van der Waals surface area contributed by atoms with Gasteiger partial charge in [0.2, 0.25) is 11.7 Å². The molecule has 0 fully saturated rings. The second-order valence-electron chi connectivity index (χ2n) is 2.39. The first-order valence-electron chi connectivity index (χ1n) is 3.30. The number of amidine groups is 2. The zero-order valence-corrected chi connectivity index (χ0v) is 6.28. The van der Waals surface area contributed by atoms with Gasteiger partial charge in [0.15, 0.2) is 0 Å². The van der Waals surface area contributed by atoms with Crippen LogP contribution in [0.25, 0.3) is 0 Å².